The molecule has 0 N–H and O–H groups in total. The van der Waals surface area contributed by atoms with Crippen LogP contribution in [0.5, 0.6) is 0 Å². The van der Waals surface area contributed by atoms with E-state index >= 15 is 0 Å². The van der Waals surface area contributed by atoms with Crippen LogP contribution in [0.3, 0.4) is 0 Å². The summed E-state index contributed by atoms with van der Waals surface area (Å²) in [6, 6.07) is 0. The molecule has 3 amide bonds. The van der Waals surface area contributed by atoms with E-state index in [9.17, 15) is 14.4 Å². The minimum atomic E-state index is -0.345. The zero-order valence-corrected chi connectivity index (χ0v) is 20.3. The van der Waals surface area contributed by atoms with Crippen molar-refractivity contribution in [3.8, 4) is 0 Å². The van der Waals surface area contributed by atoms with Gasteiger partial charge >= 0.3 is 0 Å². The second-order valence-corrected chi connectivity index (χ2v) is 8.50. The molecule has 3 heterocycles. The van der Waals surface area contributed by atoms with Crippen molar-refractivity contribution in [2.45, 2.75) is 32.9 Å². The number of rotatable bonds is 17. The van der Waals surface area contributed by atoms with Crippen molar-refractivity contribution in [2.75, 3.05) is 65.9 Å². The summed E-state index contributed by atoms with van der Waals surface area (Å²) in [4.78, 5) is 38.2. The maximum Gasteiger partial charge on any atom is 0.253 e. The highest BCUT2D eigenvalue weighted by molar-refractivity contribution is 6.12. The van der Waals surface area contributed by atoms with Gasteiger partial charge in [0, 0.05) is 25.2 Å². The highest BCUT2D eigenvalue weighted by Crippen LogP contribution is 2.15. The van der Waals surface area contributed by atoms with Crippen LogP contribution >= 0.6 is 0 Å². The molecule has 0 unspecified atom stereocenters. The highest BCUT2D eigenvalue weighted by Gasteiger charge is 2.24. The fourth-order valence-electron chi connectivity index (χ4n) is 3.67. The van der Waals surface area contributed by atoms with Crippen LogP contribution in [-0.4, -0.2) is 108 Å². The molecular weight excluding hydrogens is 458 g/mol. The van der Waals surface area contributed by atoms with E-state index in [1.165, 1.54) is 12.2 Å². The Labute approximate surface area is 205 Å². The van der Waals surface area contributed by atoms with Gasteiger partial charge in [0.2, 0.25) is 5.91 Å². The molecule has 0 spiro atoms. The molecule has 0 saturated carbocycles. The van der Waals surface area contributed by atoms with E-state index in [1.807, 2.05) is 4.90 Å². The van der Waals surface area contributed by atoms with Crippen molar-refractivity contribution in [3.05, 3.63) is 24.0 Å². The third-order valence-corrected chi connectivity index (χ3v) is 5.62. The molecule has 1 aromatic rings. The first-order chi connectivity index (χ1) is 17.0. The summed E-state index contributed by atoms with van der Waals surface area (Å²) in [6.07, 6.45) is 5.68. The standard InChI is InChI=1S/C23H35N5O7/c1-19-4-6-26(16-19)21(29)5-8-32-10-12-34-14-15-35-13-11-33-9-7-27-17-20(24-25-27)18-28-22(30)2-3-23(28)31/h2-3,17,19H,4-16,18H2,1H3/t19-/m1/s1. The Kier molecular flexibility index (Phi) is 11.3. The average molecular weight is 494 g/mol. The van der Waals surface area contributed by atoms with Gasteiger partial charge in [-0.15, -0.1) is 5.10 Å². The molecule has 194 valence electrons. The number of hydrogen-bond donors (Lipinski definition) is 0. The molecule has 0 radical (unpaired) electrons. The second kappa shape index (κ2) is 14.7. The molecular formula is C23H35N5O7. The molecule has 12 heteroatoms. The number of nitrogens with zero attached hydrogens (tertiary/aromatic N) is 5. The lowest BCUT2D eigenvalue weighted by Gasteiger charge is -2.15. The van der Waals surface area contributed by atoms with Gasteiger partial charge in [-0.1, -0.05) is 12.1 Å². The monoisotopic (exact) mass is 493 g/mol. The Morgan fingerprint density at radius 3 is 2.14 bits per heavy atom. The van der Waals surface area contributed by atoms with Crippen molar-refractivity contribution in [2.24, 2.45) is 5.92 Å². The van der Waals surface area contributed by atoms with Crippen molar-refractivity contribution in [3.63, 3.8) is 0 Å². The van der Waals surface area contributed by atoms with Gasteiger partial charge in [0.05, 0.1) is 78.6 Å². The summed E-state index contributed by atoms with van der Waals surface area (Å²) in [5, 5.41) is 7.95. The molecule has 0 aromatic carbocycles. The normalized spacial score (nSPS) is 17.8. The lowest BCUT2D eigenvalue weighted by molar-refractivity contribution is -0.137. The Morgan fingerprint density at radius 1 is 0.943 bits per heavy atom. The third-order valence-electron chi connectivity index (χ3n) is 5.62. The van der Waals surface area contributed by atoms with Gasteiger partial charge < -0.3 is 23.8 Å². The number of hydrogen-bond acceptors (Lipinski definition) is 9. The Balaban J connectivity index is 1.08. The van der Waals surface area contributed by atoms with Crippen molar-refractivity contribution in [1.29, 1.82) is 0 Å². The van der Waals surface area contributed by atoms with Crippen molar-refractivity contribution >= 4 is 17.7 Å². The fourth-order valence-corrected chi connectivity index (χ4v) is 3.67. The molecule has 3 rings (SSSR count). The predicted molar refractivity (Wildman–Crippen MR) is 123 cm³/mol. The Hall–Kier alpha value is -2.67. The smallest absolute Gasteiger partial charge is 0.253 e. The number of likely N-dealkylation sites (tertiary alicyclic amines) is 1. The van der Waals surface area contributed by atoms with E-state index in [1.54, 1.807) is 10.9 Å². The SMILES string of the molecule is C[C@@H]1CCN(C(=O)CCOCCOCCOCCOCCn2cc(CN3C(=O)C=CC3=O)nn2)C1. The zero-order valence-electron chi connectivity index (χ0n) is 20.3. The molecule has 1 atom stereocenters. The number of carbonyl (C=O) groups is 3. The van der Waals surface area contributed by atoms with Crippen molar-refractivity contribution < 1.29 is 33.3 Å². The van der Waals surface area contributed by atoms with Crippen LogP contribution in [0, 0.1) is 5.92 Å². The third kappa shape index (κ3) is 9.48. The van der Waals surface area contributed by atoms with Crippen LogP contribution in [0.1, 0.15) is 25.5 Å². The summed E-state index contributed by atoms with van der Waals surface area (Å²) in [5.41, 5.74) is 0.536. The maximum absolute atomic E-state index is 12.0. The van der Waals surface area contributed by atoms with Crippen LogP contribution in [0.4, 0.5) is 0 Å². The van der Waals surface area contributed by atoms with E-state index in [0.717, 1.165) is 24.4 Å². The summed E-state index contributed by atoms with van der Waals surface area (Å²) >= 11 is 0. The molecule has 1 aromatic heterocycles. The van der Waals surface area contributed by atoms with Gasteiger partial charge in [0.1, 0.15) is 5.69 Å². The van der Waals surface area contributed by atoms with E-state index < -0.39 is 0 Å². The van der Waals surface area contributed by atoms with Crippen LogP contribution in [0.2, 0.25) is 0 Å². The lowest BCUT2D eigenvalue weighted by Crippen LogP contribution is -2.29. The Morgan fingerprint density at radius 2 is 1.54 bits per heavy atom. The van der Waals surface area contributed by atoms with E-state index in [-0.39, 0.29) is 24.3 Å². The van der Waals surface area contributed by atoms with Gasteiger partial charge in [-0.05, 0) is 12.3 Å². The first-order valence-corrected chi connectivity index (χ1v) is 12.0. The minimum Gasteiger partial charge on any atom is -0.379 e. The van der Waals surface area contributed by atoms with E-state index in [4.69, 9.17) is 18.9 Å². The number of aromatic nitrogens is 3. The van der Waals surface area contributed by atoms with Gasteiger partial charge in [-0.2, -0.15) is 0 Å². The van der Waals surface area contributed by atoms with Gasteiger partial charge in [-0.3, -0.25) is 19.3 Å². The minimum absolute atomic E-state index is 0.103. The molecule has 35 heavy (non-hydrogen) atoms. The fraction of sp³-hybridized carbons (Fsp3) is 0.696. The molecule has 1 saturated heterocycles. The molecule has 12 nitrogen and oxygen atoms in total. The molecule has 0 bridgehead atoms. The first kappa shape index (κ1) is 26.9. The Bertz CT molecular complexity index is 841. The second-order valence-electron chi connectivity index (χ2n) is 8.50. The summed E-state index contributed by atoms with van der Waals surface area (Å²) in [7, 11) is 0. The largest absolute Gasteiger partial charge is 0.379 e. The van der Waals surface area contributed by atoms with Gasteiger partial charge in [0.25, 0.3) is 11.8 Å². The van der Waals surface area contributed by atoms with Gasteiger partial charge in [0.15, 0.2) is 0 Å². The number of imide groups is 1. The summed E-state index contributed by atoms with van der Waals surface area (Å²) < 4.78 is 23.5. The van der Waals surface area contributed by atoms with E-state index in [2.05, 4.69) is 17.2 Å². The number of amides is 3. The zero-order chi connectivity index (χ0) is 24.9. The maximum atomic E-state index is 12.0. The quantitative estimate of drug-likeness (QED) is 0.218. The van der Waals surface area contributed by atoms with E-state index in [0.29, 0.717) is 77.4 Å². The molecule has 2 aliphatic rings. The molecule has 1 fully saturated rings. The number of carbonyl (C=O) groups excluding carboxylic acids is 3. The predicted octanol–water partition coefficient (Wildman–Crippen LogP) is 0.0280. The van der Waals surface area contributed by atoms with Crippen LogP contribution in [-0.2, 0) is 46.4 Å². The molecule has 2 aliphatic heterocycles. The van der Waals surface area contributed by atoms with Crippen LogP contribution in [0.25, 0.3) is 0 Å². The van der Waals surface area contributed by atoms with Gasteiger partial charge in [-0.25, -0.2) is 4.68 Å². The lowest BCUT2D eigenvalue weighted by atomic mass is 10.2. The highest BCUT2D eigenvalue weighted by atomic mass is 16.6. The number of ether oxygens (including phenoxy) is 4. The first-order valence-electron chi connectivity index (χ1n) is 12.0. The van der Waals surface area contributed by atoms with Crippen molar-refractivity contribution in [1.82, 2.24) is 24.8 Å². The average Bonchev–Trinajstić information content (AvgIpc) is 3.56. The topological polar surface area (TPSA) is 125 Å². The van der Waals surface area contributed by atoms with Crippen LogP contribution in [0.15, 0.2) is 18.3 Å². The molecule has 0 aliphatic carbocycles. The summed E-state index contributed by atoms with van der Waals surface area (Å²) in [6.45, 7) is 8.09. The van der Waals surface area contributed by atoms with Crippen LogP contribution < -0.4 is 0 Å². The summed E-state index contributed by atoms with van der Waals surface area (Å²) in [5.74, 6) is 0.0786.